The zero-order chi connectivity index (χ0) is 33.4. The van der Waals surface area contributed by atoms with Crippen LogP contribution in [0, 0.1) is 17.2 Å². The number of benzene rings is 1. The normalized spacial score (nSPS) is 22.3. The maximum atomic E-state index is 15.0. The van der Waals surface area contributed by atoms with E-state index in [4.69, 9.17) is 0 Å². The van der Waals surface area contributed by atoms with Crippen LogP contribution in [-0.2, 0) is 11.3 Å². The van der Waals surface area contributed by atoms with Gasteiger partial charge >= 0.3 is 12.3 Å². The fourth-order valence-corrected chi connectivity index (χ4v) is 7.36. The smallest absolute Gasteiger partial charge is 0.407 e. The molecule has 1 spiro atoms. The maximum Gasteiger partial charge on any atom is 0.407 e. The van der Waals surface area contributed by atoms with Crippen molar-refractivity contribution in [1.82, 2.24) is 19.3 Å². The molecule has 3 amide bonds. The van der Waals surface area contributed by atoms with Crippen molar-refractivity contribution < 1.29 is 42.2 Å². The summed E-state index contributed by atoms with van der Waals surface area (Å²) in [6.45, 7) is 1.39. The Morgan fingerprint density at radius 1 is 0.935 bits per heavy atom. The molecule has 5 rings (SSSR count). The Morgan fingerprint density at radius 3 is 2.17 bits per heavy atom. The molecule has 2 saturated heterocycles. The zero-order valence-corrected chi connectivity index (χ0v) is 25.6. The summed E-state index contributed by atoms with van der Waals surface area (Å²) in [6, 6.07) is 6.85. The number of piperazine rings is 1. The molecule has 10 nitrogen and oxygen atoms in total. The first-order chi connectivity index (χ1) is 21.6. The monoisotopic (exact) mass is 650 g/mol. The Bertz CT molecular complexity index is 1550. The summed E-state index contributed by atoms with van der Waals surface area (Å²) in [5.41, 5.74) is -2.89. The van der Waals surface area contributed by atoms with Crippen molar-refractivity contribution in [3.8, 4) is 11.1 Å². The van der Waals surface area contributed by atoms with Crippen LogP contribution in [0.1, 0.15) is 55.8 Å². The Hall–Kier alpha value is -3.94. The van der Waals surface area contributed by atoms with E-state index in [2.05, 4.69) is 0 Å². The highest BCUT2D eigenvalue weighted by atomic mass is 19.4. The van der Waals surface area contributed by atoms with E-state index in [9.17, 15) is 47.0 Å². The Labute approximate surface area is 263 Å². The molecule has 0 radical (unpaired) electrons. The molecule has 0 unspecified atom stereocenters. The van der Waals surface area contributed by atoms with Gasteiger partial charge in [-0.3, -0.25) is 14.4 Å². The number of amides is 3. The SMILES string of the molecule is C[C@H](CC(F)(F)F)C(=O)N1CC[C@@](O)(Cn2cc(C(=O)N3CCN(C(=O)O)CC3)c(-c3ccccc3F)cc2=O)C2(CCCC2)C1. The predicted octanol–water partition coefficient (Wildman–Crippen LogP) is 4.20. The van der Waals surface area contributed by atoms with Crippen molar-refractivity contribution in [2.24, 2.45) is 11.3 Å². The Morgan fingerprint density at radius 2 is 1.57 bits per heavy atom. The van der Waals surface area contributed by atoms with Crippen LogP contribution in [0.25, 0.3) is 11.1 Å². The highest BCUT2D eigenvalue weighted by Crippen LogP contribution is 2.52. The first-order valence-electron chi connectivity index (χ1n) is 15.5. The summed E-state index contributed by atoms with van der Waals surface area (Å²) < 4.78 is 55.3. The summed E-state index contributed by atoms with van der Waals surface area (Å²) in [5, 5.41) is 21.5. The Kier molecular flexibility index (Phi) is 9.22. The van der Waals surface area contributed by atoms with Crippen molar-refractivity contribution in [2.75, 3.05) is 39.3 Å². The topological polar surface area (TPSA) is 123 Å². The van der Waals surface area contributed by atoms with Crippen LogP contribution in [0.15, 0.2) is 41.3 Å². The first kappa shape index (κ1) is 33.4. The molecule has 46 heavy (non-hydrogen) atoms. The molecule has 1 aromatic carbocycles. The van der Waals surface area contributed by atoms with Gasteiger partial charge in [0.1, 0.15) is 5.82 Å². The third kappa shape index (κ3) is 6.62. The number of hydrogen-bond donors (Lipinski definition) is 2. The molecule has 1 aliphatic carbocycles. The average molecular weight is 651 g/mol. The second-order valence-electron chi connectivity index (χ2n) is 12.9. The van der Waals surface area contributed by atoms with E-state index in [1.807, 2.05) is 0 Å². The number of hydrogen-bond acceptors (Lipinski definition) is 5. The van der Waals surface area contributed by atoms with Gasteiger partial charge in [-0.05, 0) is 25.3 Å². The van der Waals surface area contributed by atoms with Gasteiger partial charge < -0.3 is 29.5 Å². The van der Waals surface area contributed by atoms with E-state index >= 15 is 0 Å². The van der Waals surface area contributed by atoms with Crippen LogP contribution >= 0.6 is 0 Å². The minimum absolute atomic E-state index is 0.000976. The Balaban J connectivity index is 1.47. The van der Waals surface area contributed by atoms with E-state index < -0.39 is 58.8 Å². The number of pyridine rings is 1. The largest absolute Gasteiger partial charge is 0.465 e. The summed E-state index contributed by atoms with van der Waals surface area (Å²) in [5.74, 6) is -3.08. The van der Waals surface area contributed by atoms with Gasteiger partial charge in [0.25, 0.3) is 11.5 Å². The van der Waals surface area contributed by atoms with Crippen molar-refractivity contribution >= 4 is 17.9 Å². The van der Waals surface area contributed by atoms with Crippen LogP contribution in [0.2, 0.25) is 0 Å². The molecule has 3 fully saturated rings. The predicted molar refractivity (Wildman–Crippen MR) is 158 cm³/mol. The minimum Gasteiger partial charge on any atom is -0.465 e. The van der Waals surface area contributed by atoms with Crippen LogP contribution in [0.5, 0.6) is 0 Å². The fraction of sp³-hybridized carbons (Fsp3) is 0.562. The number of piperidine rings is 1. The lowest BCUT2D eigenvalue weighted by Crippen LogP contribution is -2.62. The van der Waals surface area contributed by atoms with E-state index in [0.717, 1.165) is 18.9 Å². The summed E-state index contributed by atoms with van der Waals surface area (Å²) in [4.78, 5) is 55.9. The molecule has 2 atom stereocenters. The maximum absolute atomic E-state index is 15.0. The van der Waals surface area contributed by atoms with E-state index in [1.54, 1.807) is 6.07 Å². The van der Waals surface area contributed by atoms with Gasteiger partial charge in [0, 0.05) is 74.0 Å². The summed E-state index contributed by atoms with van der Waals surface area (Å²) in [6.07, 6.45) is -3.06. The number of nitrogens with zero attached hydrogens (tertiary/aromatic N) is 4. The highest BCUT2D eigenvalue weighted by molar-refractivity contribution is 6.00. The number of likely N-dealkylation sites (tertiary alicyclic amines) is 1. The second-order valence-corrected chi connectivity index (χ2v) is 12.9. The molecule has 2 aromatic rings. The quantitative estimate of drug-likeness (QED) is 0.452. The number of halogens is 4. The third-order valence-electron chi connectivity index (χ3n) is 9.90. The number of rotatable bonds is 6. The number of alkyl halides is 3. The zero-order valence-electron chi connectivity index (χ0n) is 25.6. The van der Waals surface area contributed by atoms with E-state index in [1.165, 1.54) is 50.6 Å². The summed E-state index contributed by atoms with van der Waals surface area (Å²) in [7, 11) is 0. The molecule has 0 bridgehead atoms. The number of aromatic nitrogens is 1. The molecular formula is C32H38F4N4O6. The highest BCUT2D eigenvalue weighted by Gasteiger charge is 2.56. The molecule has 3 heterocycles. The fourth-order valence-electron chi connectivity index (χ4n) is 7.36. The van der Waals surface area contributed by atoms with Gasteiger partial charge in [0.05, 0.1) is 24.1 Å². The number of carbonyl (C=O) groups excluding carboxylic acids is 2. The van der Waals surface area contributed by atoms with Gasteiger partial charge in [0.15, 0.2) is 0 Å². The lowest BCUT2D eigenvalue weighted by Gasteiger charge is -2.52. The molecule has 250 valence electrons. The van der Waals surface area contributed by atoms with Crippen LogP contribution in [0.4, 0.5) is 22.4 Å². The van der Waals surface area contributed by atoms with Crippen molar-refractivity contribution in [3.05, 3.63) is 58.3 Å². The molecule has 3 aliphatic rings. The van der Waals surface area contributed by atoms with Crippen LogP contribution in [-0.4, -0.2) is 98.4 Å². The van der Waals surface area contributed by atoms with Gasteiger partial charge in [-0.25, -0.2) is 9.18 Å². The lowest BCUT2D eigenvalue weighted by atomic mass is 9.65. The molecule has 1 aromatic heterocycles. The standard InChI is InChI=1S/C32H38F4N4O6/c1-21(17-32(34,35)36)27(42)39-11-10-31(46,30(19-39)8-4-5-9-30)20-40-18-24(28(43)37-12-14-38(15-13-37)29(44)45)23(16-26(40)41)22-6-2-3-7-25(22)33/h2-3,6-7,16,18,21,46H,4-5,8-15,17,19-20H2,1H3,(H,44,45)/t21-,31-/m1/s1. The van der Waals surface area contributed by atoms with Crippen molar-refractivity contribution in [3.63, 3.8) is 0 Å². The van der Waals surface area contributed by atoms with Gasteiger partial charge in [-0.15, -0.1) is 0 Å². The van der Waals surface area contributed by atoms with E-state index in [0.29, 0.717) is 12.8 Å². The number of carbonyl (C=O) groups is 3. The molecule has 2 aliphatic heterocycles. The number of aliphatic hydroxyl groups is 1. The molecule has 1 saturated carbocycles. The average Bonchev–Trinajstić information content (AvgIpc) is 3.48. The van der Waals surface area contributed by atoms with E-state index in [-0.39, 0.29) is 68.9 Å². The molecule has 14 heteroatoms. The lowest BCUT2D eigenvalue weighted by molar-refractivity contribution is -0.172. The first-order valence-corrected chi connectivity index (χ1v) is 15.5. The second kappa shape index (κ2) is 12.7. The molecular weight excluding hydrogens is 612 g/mol. The van der Waals surface area contributed by atoms with Gasteiger partial charge in [-0.1, -0.05) is 38.0 Å². The van der Waals surface area contributed by atoms with Crippen molar-refractivity contribution in [1.29, 1.82) is 0 Å². The van der Waals surface area contributed by atoms with Gasteiger partial charge in [0.2, 0.25) is 5.91 Å². The molecule has 2 N–H and O–H groups in total. The van der Waals surface area contributed by atoms with Crippen LogP contribution < -0.4 is 5.56 Å². The third-order valence-corrected chi connectivity index (χ3v) is 9.90. The van der Waals surface area contributed by atoms with Crippen molar-refractivity contribution in [2.45, 2.75) is 63.8 Å². The minimum atomic E-state index is -4.49. The number of carboxylic acid groups (broad SMARTS) is 1. The summed E-state index contributed by atoms with van der Waals surface area (Å²) >= 11 is 0. The van der Waals surface area contributed by atoms with Crippen LogP contribution in [0.3, 0.4) is 0 Å². The van der Waals surface area contributed by atoms with Gasteiger partial charge in [-0.2, -0.15) is 13.2 Å².